The van der Waals surface area contributed by atoms with Crippen molar-refractivity contribution in [2.45, 2.75) is 91.4 Å². The third kappa shape index (κ3) is 12.5. The smallest absolute Gasteiger partial charge is 0.407 e. The third-order valence-electron chi connectivity index (χ3n) is 8.90. The highest BCUT2D eigenvalue weighted by Crippen LogP contribution is 2.41. The number of alkyl carbamates (subject to hydrolysis) is 1. The van der Waals surface area contributed by atoms with Gasteiger partial charge >= 0.3 is 6.09 Å². The number of hydrogen-bond donors (Lipinski definition) is 3. The largest absolute Gasteiger partial charge is 0.448 e. The summed E-state index contributed by atoms with van der Waals surface area (Å²) in [7, 11) is 1.59. The molecule has 2 heterocycles. The van der Waals surface area contributed by atoms with Crippen LogP contribution in [0.3, 0.4) is 0 Å². The van der Waals surface area contributed by atoms with Crippen LogP contribution < -0.4 is 20.9 Å². The Balaban J connectivity index is 1.37. The Morgan fingerprint density at radius 2 is 1.61 bits per heavy atom. The minimum Gasteiger partial charge on any atom is -0.448 e. The summed E-state index contributed by atoms with van der Waals surface area (Å²) in [5.74, 6) is -0.197. The molecule has 1 atom stereocenters. The molecule has 1 aliphatic heterocycles. The summed E-state index contributed by atoms with van der Waals surface area (Å²) >= 11 is 0. The summed E-state index contributed by atoms with van der Waals surface area (Å²) in [6, 6.07) is 15.1. The number of unbranched alkanes of at least 4 members (excludes halogenated alkanes) is 1. The van der Waals surface area contributed by atoms with E-state index in [0.717, 1.165) is 23.1 Å². The van der Waals surface area contributed by atoms with Gasteiger partial charge in [-0.1, -0.05) is 61.5 Å². The van der Waals surface area contributed by atoms with Crippen LogP contribution in [0.1, 0.15) is 72.3 Å². The lowest BCUT2D eigenvalue weighted by molar-refractivity contribution is -0.125. The molecule has 4 rings (SSSR count). The van der Waals surface area contributed by atoms with Gasteiger partial charge in [-0.3, -0.25) is 14.4 Å². The number of ketones is 1. The first kappa shape index (κ1) is 42.1. The van der Waals surface area contributed by atoms with Crippen LogP contribution in [0.5, 0.6) is 0 Å². The maximum absolute atomic E-state index is 13.8. The average molecular weight is 748 g/mol. The van der Waals surface area contributed by atoms with E-state index in [0.29, 0.717) is 56.2 Å². The molecule has 0 radical (unpaired) electrons. The van der Waals surface area contributed by atoms with Crippen LogP contribution in [0.2, 0.25) is 0 Å². The molecule has 0 saturated heterocycles. The lowest BCUT2D eigenvalue weighted by atomic mass is 9.94. The number of fused-ring (bicyclic) bond motifs is 5. The average Bonchev–Trinajstić information content (AvgIpc) is 3.54. The van der Waals surface area contributed by atoms with E-state index >= 15 is 0 Å². The predicted molar refractivity (Wildman–Crippen MR) is 207 cm³/mol. The van der Waals surface area contributed by atoms with E-state index in [-0.39, 0.29) is 74.2 Å². The molecule has 0 aliphatic carbocycles. The summed E-state index contributed by atoms with van der Waals surface area (Å²) in [5, 5.41) is 18.1. The summed E-state index contributed by atoms with van der Waals surface area (Å²) in [6.45, 7) is 12.3. The molecular formula is C40H57N7O7. The number of methoxy groups -OCH3 is 1. The van der Waals surface area contributed by atoms with Gasteiger partial charge in [-0.15, -0.1) is 5.10 Å². The van der Waals surface area contributed by atoms with Crippen molar-refractivity contribution < 1.29 is 33.4 Å². The van der Waals surface area contributed by atoms with Crippen LogP contribution in [0.25, 0.3) is 22.5 Å². The lowest BCUT2D eigenvalue weighted by Crippen LogP contribution is -2.49. The van der Waals surface area contributed by atoms with Gasteiger partial charge in [-0.25, -0.2) is 9.48 Å². The van der Waals surface area contributed by atoms with E-state index in [1.807, 2.05) is 83.1 Å². The number of para-hydroxylation sites is 1. The fraction of sp³-hybridized carbons (Fsp3) is 0.550. The maximum Gasteiger partial charge on any atom is 0.407 e. The Bertz CT molecular complexity index is 1700. The lowest BCUT2D eigenvalue weighted by Gasteiger charge is -2.29. The highest BCUT2D eigenvalue weighted by Gasteiger charge is 2.29. The van der Waals surface area contributed by atoms with Crippen LogP contribution in [0, 0.1) is 5.92 Å². The van der Waals surface area contributed by atoms with Crippen LogP contribution in [0.15, 0.2) is 48.5 Å². The number of carbonyl (C=O) groups is 4. The molecule has 2 aromatic carbocycles. The zero-order valence-electron chi connectivity index (χ0n) is 32.6. The summed E-state index contributed by atoms with van der Waals surface area (Å²) < 4.78 is 17.6. The molecule has 0 fully saturated rings. The van der Waals surface area contributed by atoms with Crippen molar-refractivity contribution in [3.8, 4) is 22.5 Å². The Hall–Kier alpha value is -4.66. The standard InChI is InChI=1S/C40H57N7O7/c1-28(2)38(50)32(43-40(3,4)5)16-11-12-20-42-39(51)54-24-22-47-37-31-15-9-10-17-33(31)46(27-29-13-7-8-14-30(29)36(37)44-45-47)35(49)18-21-41-34(48)19-23-53-26-25-52-6/h7-10,13-15,17,28,32,43H,11-12,16,18-27H2,1-6H3,(H,41,48)(H,42,51). The molecule has 3 aromatic rings. The van der Waals surface area contributed by atoms with Crippen molar-refractivity contribution in [1.29, 1.82) is 0 Å². The number of amides is 3. The number of nitrogens with one attached hydrogen (secondary N) is 3. The molecule has 1 unspecified atom stereocenters. The number of hydrogen-bond acceptors (Lipinski definition) is 10. The van der Waals surface area contributed by atoms with Crippen molar-refractivity contribution in [1.82, 2.24) is 30.9 Å². The van der Waals surface area contributed by atoms with Gasteiger partial charge in [0.2, 0.25) is 11.8 Å². The fourth-order valence-electron chi connectivity index (χ4n) is 6.29. The van der Waals surface area contributed by atoms with Crippen molar-refractivity contribution >= 4 is 29.4 Å². The third-order valence-corrected chi connectivity index (χ3v) is 8.90. The second kappa shape index (κ2) is 20.7. The van der Waals surface area contributed by atoms with Crippen LogP contribution in [-0.2, 0) is 41.7 Å². The topological polar surface area (TPSA) is 166 Å². The van der Waals surface area contributed by atoms with Crippen molar-refractivity contribution in [2.24, 2.45) is 5.92 Å². The number of rotatable bonds is 20. The summed E-state index contributed by atoms with van der Waals surface area (Å²) in [6.07, 6.45) is 1.94. The Morgan fingerprint density at radius 1 is 0.870 bits per heavy atom. The quantitative estimate of drug-likeness (QED) is 0.136. The number of benzene rings is 2. The van der Waals surface area contributed by atoms with E-state index < -0.39 is 6.09 Å². The number of carbonyl (C=O) groups excluding carboxylic acids is 4. The number of aromatic nitrogens is 3. The van der Waals surface area contributed by atoms with Gasteiger partial charge < -0.3 is 35.1 Å². The molecule has 0 bridgehead atoms. The van der Waals surface area contributed by atoms with Gasteiger partial charge in [-0.2, -0.15) is 0 Å². The number of anilines is 1. The predicted octanol–water partition coefficient (Wildman–Crippen LogP) is 4.90. The fourth-order valence-corrected chi connectivity index (χ4v) is 6.29. The molecule has 1 aliphatic rings. The van der Waals surface area contributed by atoms with E-state index in [4.69, 9.17) is 14.2 Å². The van der Waals surface area contributed by atoms with E-state index in [1.165, 1.54) is 0 Å². The molecule has 54 heavy (non-hydrogen) atoms. The SMILES string of the molecule is COCCOCCC(=O)NCCC(=O)N1Cc2ccccc2-c2nnn(CCOC(=O)NCCCCC(NC(C)(C)C)C(=O)C(C)C)c2-c2ccccc21. The van der Waals surface area contributed by atoms with Crippen molar-refractivity contribution in [3.05, 3.63) is 54.1 Å². The maximum atomic E-state index is 13.8. The molecular weight excluding hydrogens is 690 g/mol. The van der Waals surface area contributed by atoms with Gasteiger partial charge in [0.25, 0.3) is 0 Å². The molecule has 14 heteroatoms. The monoisotopic (exact) mass is 747 g/mol. The first-order chi connectivity index (χ1) is 25.9. The molecule has 3 N–H and O–H groups in total. The molecule has 14 nitrogen and oxygen atoms in total. The highest BCUT2D eigenvalue weighted by molar-refractivity contribution is 6.00. The van der Waals surface area contributed by atoms with Crippen LogP contribution in [-0.4, -0.2) is 96.9 Å². The zero-order chi connectivity index (χ0) is 39.1. The second-order valence-corrected chi connectivity index (χ2v) is 14.7. The van der Waals surface area contributed by atoms with Gasteiger partial charge in [0.1, 0.15) is 12.3 Å². The first-order valence-corrected chi connectivity index (χ1v) is 18.9. The van der Waals surface area contributed by atoms with Gasteiger partial charge in [0.15, 0.2) is 5.78 Å². The minimum atomic E-state index is -0.533. The number of Topliss-reactive ketones (excluding diaryl/α,β-unsaturated/α-hetero) is 1. The zero-order valence-corrected chi connectivity index (χ0v) is 32.6. The Kier molecular flexibility index (Phi) is 16.1. The van der Waals surface area contributed by atoms with Gasteiger partial charge in [0, 0.05) is 55.6 Å². The minimum absolute atomic E-state index is 0.0473. The van der Waals surface area contributed by atoms with Gasteiger partial charge in [0.05, 0.1) is 50.3 Å². The molecule has 1 aromatic heterocycles. The highest BCUT2D eigenvalue weighted by atomic mass is 16.5. The van der Waals surface area contributed by atoms with Crippen LogP contribution in [0.4, 0.5) is 10.5 Å². The molecule has 0 saturated carbocycles. The number of nitrogens with zero attached hydrogens (tertiary/aromatic N) is 4. The van der Waals surface area contributed by atoms with Crippen LogP contribution >= 0.6 is 0 Å². The summed E-state index contributed by atoms with van der Waals surface area (Å²) in [5.41, 5.74) is 4.39. The molecule has 3 amide bonds. The van der Waals surface area contributed by atoms with E-state index in [1.54, 1.807) is 16.7 Å². The van der Waals surface area contributed by atoms with E-state index in [2.05, 4.69) is 26.3 Å². The molecule has 294 valence electrons. The second-order valence-electron chi connectivity index (χ2n) is 14.7. The van der Waals surface area contributed by atoms with Crippen molar-refractivity contribution in [2.75, 3.05) is 51.5 Å². The summed E-state index contributed by atoms with van der Waals surface area (Å²) in [4.78, 5) is 53.2. The van der Waals surface area contributed by atoms with Crippen molar-refractivity contribution in [3.63, 3.8) is 0 Å². The molecule has 0 spiro atoms. The number of ether oxygens (including phenoxy) is 3. The first-order valence-electron chi connectivity index (χ1n) is 18.9. The Morgan fingerprint density at radius 3 is 2.35 bits per heavy atom. The Labute approximate surface area is 318 Å². The normalized spacial score (nSPS) is 12.9. The van der Waals surface area contributed by atoms with E-state index in [9.17, 15) is 19.2 Å². The van der Waals surface area contributed by atoms with Gasteiger partial charge in [-0.05, 0) is 51.7 Å².